The highest BCUT2D eigenvalue weighted by molar-refractivity contribution is 6.02. The summed E-state index contributed by atoms with van der Waals surface area (Å²) in [7, 11) is 0. The Labute approximate surface area is 97.6 Å². The number of anilines is 1. The van der Waals surface area contributed by atoms with Gasteiger partial charge in [-0.15, -0.1) is 0 Å². The van der Waals surface area contributed by atoms with Crippen LogP contribution in [-0.2, 0) is 0 Å². The van der Waals surface area contributed by atoms with Crippen molar-refractivity contribution in [3.63, 3.8) is 0 Å². The third kappa shape index (κ3) is 2.20. The van der Waals surface area contributed by atoms with E-state index in [4.69, 9.17) is 5.73 Å². The molecule has 17 heavy (non-hydrogen) atoms. The highest BCUT2D eigenvalue weighted by Gasteiger charge is 2.29. The van der Waals surface area contributed by atoms with E-state index < -0.39 is 17.9 Å². The Morgan fingerprint density at radius 3 is 2.76 bits per heavy atom. The molecule has 4 amide bonds. The number of hydrogen-bond acceptors (Lipinski definition) is 2. The number of nitrogens with two attached hydrogens (primary N) is 1. The van der Waals surface area contributed by atoms with Crippen molar-refractivity contribution in [2.45, 2.75) is 6.42 Å². The summed E-state index contributed by atoms with van der Waals surface area (Å²) < 4.78 is 13.1. The second kappa shape index (κ2) is 4.40. The predicted molar refractivity (Wildman–Crippen MR) is 60.0 cm³/mol. The van der Waals surface area contributed by atoms with Crippen LogP contribution in [0, 0.1) is 5.82 Å². The van der Waals surface area contributed by atoms with Gasteiger partial charge >= 0.3 is 12.1 Å². The summed E-state index contributed by atoms with van der Waals surface area (Å²) in [5, 5.41) is 0. The Kier molecular flexibility index (Phi) is 2.95. The summed E-state index contributed by atoms with van der Waals surface area (Å²) in [5.41, 5.74) is 5.52. The molecule has 1 aromatic rings. The van der Waals surface area contributed by atoms with Crippen molar-refractivity contribution in [2.75, 3.05) is 18.0 Å². The number of halogens is 1. The molecular weight excluding hydrogens is 225 g/mol. The van der Waals surface area contributed by atoms with Crippen molar-refractivity contribution in [3.05, 3.63) is 30.1 Å². The lowest BCUT2D eigenvalue weighted by atomic mass is 10.2. The minimum atomic E-state index is -0.781. The number of rotatable bonds is 1. The van der Waals surface area contributed by atoms with Gasteiger partial charge in [0.05, 0.1) is 0 Å². The van der Waals surface area contributed by atoms with E-state index in [1.54, 1.807) is 6.07 Å². The number of amides is 4. The third-order valence-electron chi connectivity index (χ3n) is 2.61. The molecule has 1 aliphatic rings. The largest absolute Gasteiger partial charge is 0.351 e. The first kappa shape index (κ1) is 11.4. The molecule has 1 fully saturated rings. The number of hydrogen-bond donors (Lipinski definition) is 1. The molecule has 0 saturated carbocycles. The highest BCUT2D eigenvalue weighted by atomic mass is 19.1. The van der Waals surface area contributed by atoms with E-state index in [9.17, 15) is 14.0 Å². The molecule has 1 heterocycles. The number of imide groups is 1. The van der Waals surface area contributed by atoms with Gasteiger partial charge in [-0.1, -0.05) is 6.07 Å². The quantitative estimate of drug-likeness (QED) is 0.805. The summed E-state index contributed by atoms with van der Waals surface area (Å²) in [5.74, 6) is -0.425. The fourth-order valence-corrected chi connectivity index (χ4v) is 1.81. The maximum absolute atomic E-state index is 13.1. The van der Waals surface area contributed by atoms with Crippen LogP contribution in [-0.4, -0.2) is 30.1 Å². The van der Waals surface area contributed by atoms with E-state index in [-0.39, 0.29) is 0 Å². The van der Waals surface area contributed by atoms with Gasteiger partial charge in [-0.25, -0.2) is 18.9 Å². The van der Waals surface area contributed by atoms with Gasteiger partial charge in [0, 0.05) is 18.8 Å². The summed E-state index contributed by atoms with van der Waals surface area (Å²) in [6.45, 7) is 0.756. The van der Waals surface area contributed by atoms with Crippen molar-refractivity contribution < 1.29 is 14.0 Å². The van der Waals surface area contributed by atoms with E-state index in [1.165, 1.54) is 23.1 Å². The Hall–Kier alpha value is -2.11. The smallest absolute Gasteiger partial charge is 0.332 e. The molecule has 1 saturated heterocycles. The normalized spacial score (nSPS) is 16.2. The predicted octanol–water partition coefficient (Wildman–Crippen LogP) is 1.54. The molecule has 0 atom stereocenters. The molecule has 1 aliphatic heterocycles. The van der Waals surface area contributed by atoms with Crippen LogP contribution in [0.15, 0.2) is 24.3 Å². The number of benzene rings is 1. The molecule has 5 nitrogen and oxygen atoms in total. The Morgan fingerprint density at radius 2 is 2.12 bits per heavy atom. The zero-order chi connectivity index (χ0) is 12.4. The first-order chi connectivity index (χ1) is 8.09. The standard InChI is InChI=1S/C11H12FN3O2/c12-8-3-1-4-9(7-8)14-5-2-6-15(10(13)16)11(14)17/h1,3-4,7H,2,5-6H2,(H2,13,16). The maximum Gasteiger partial charge on any atom is 0.332 e. The summed E-state index contributed by atoms with van der Waals surface area (Å²) in [4.78, 5) is 25.2. The van der Waals surface area contributed by atoms with Crippen LogP contribution < -0.4 is 10.6 Å². The van der Waals surface area contributed by atoms with E-state index in [0.717, 1.165) is 4.90 Å². The van der Waals surface area contributed by atoms with Gasteiger partial charge in [0.15, 0.2) is 0 Å². The number of carbonyl (C=O) groups excluding carboxylic acids is 2. The van der Waals surface area contributed by atoms with Crippen molar-refractivity contribution in [2.24, 2.45) is 5.73 Å². The van der Waals surface area contributed by atoms with Crippen LogP contribution >= 0.6 is 0 Å². The molecule has 90 valence electrons. The number of nitrogens with zero attached hydrogens (tertiary/aromatic N) is 2. The van der Waals surface area contributed by atoms with Gasteiger partial charge in [-0.2, -0.15) is 0 Å². The monoisotopic (exact) mass is 237 g/mol. The van der Waals surface area contributed by atoms with Gasteiger partial charge in [-0.05, 0) is 24.6 Å². The molecular formula is C11H12FN3O2. The van der Waals surface area contributed by atoms with Crippen molar-refractivity contribution in [1.29, 1.82) is 0 Å². The van der Waals surface area contributed by atoms with E-state index in [2.05, 4.69) is 0 Å². The molecule has 0 bridgehead atoms. The van der Waals surface area contributed by atoms with E-state index >= 15 is 0 Å². The summed E-state index contributed by atoms with van der Waals surface area (Å²) in [6, 6.07) is 4.39. The first-order valence-electron chi connectivity index (χ1n) is 5.23. The SMILES string of the molecule is NC(=O)N1CCCN(c2cccc(F)c2)C1=O. The van der Waals surface area contributed by atoms with Gasteiger partial charge < -0.3 is 5.73 Å². The van der Waals surface area contributed by atoms with Gasteiger partial charge in [0.1, 0.15) is 5.82 Å². The van der Waals surface area contributed by atoms with Gasteiger partial charge in [0.25, 0.3) is 0 Å². The summed E-state index contributed by atoms with van der Waals surface area (Å²) >= 11 is 0. The molecule has 0 radical (unpaired) electrons. The number of primary amides is 1. The lowest BCUT2D eigenvalue weighted by Gasteiger charge is -2.33. The molecule has 0 unspecified atom stereocenters. The molecule has 2 rings (SSSR count). The molecule has 0 spiro atoms. The maximum atomic E-state index is 13.1. The molecule has 0 aromatic heterocycles. The zero-order valence-corrected chi connectivity index (χ0v) is 9.10. The van der Waals surface area contributed by atoms with Crippen LogP contribution in [0.5, 0.6) is 0 Å². The highest BCUT2D eigenvalue weighted by Crippen LogP contribution is 2.20. The van der Waals surface area contributed by atoms with E-state index in [0.29, 0.717) is 25.2 Å². The lowest BCUT2D eigenvalue weighted by Crippen LogP contribution is -2.53. The average Bonchev–Trinajstić information content (AvgIpc) is 2.29. The first-order valence-corrected chi connectivity index (χ1v) is 5.23. The topological polar surface area (TPSA) is 66.6 Å². The lowest BCUT2D eigenvalue weighted by molar-refractivity contribution is 0.189. The third-order valence-corrected chi connectivity index (χ3v) is 2.61. The summed E-state index contributed by atoms with van der Waals surface area (Å²) in [6.07, 6.45) is 0.616. The van der Waals surface area contributed by atoms with Crippen LogP contribution in [0.3, 0.4) is 0 Å². The van der Waals surface area contributed by atoms with Crippen LogP contribution in [0.25, 0.3) is 0 Å². The van der Waals surface area contributed by atoms with Crippen molar-refractivity contribution in [1.82, 2.24) is 4.90 Å². The Bertz CT molecular complexity index is 464. The van der Waals surface area contributed by atoms with Crippen molar-refractivity contribution >= 4 is 17.7 Å². The van der Waals surface area contributed by atoms with Gasteiger partial charge in [0.2, 0.25) is 0 Å². The minimum absolute atomic E-state index is 0.306. The zero-order valence-electron chi connectivity index (χ0n) is 9.10. The number of carbonyl (C=O) groups is 2. The second-order valence-electron chi connectivity index (χ2n) is 3.76. The fourth-order valence-electron chi connectivity index (χ4n) is 1.81. The Morgan fingerprint density at radius 1 is 1.35 bits per heavy atom. The average molecular weight is 237 g/mol. The molecule has 6 heteroatoms. The minimum Gasteiger partial charge on any atom is -0.351 e. The Balaban J connectivity index is 2.27. The molecule has 0 aliphatic carbocycles. The fraction of sp³-hybridized carbons (Fsp3) is 0.273. The van der Waals surface area contributed by atoms with Crippen LogP contribution in [0.1, 0.15) is 6.42 Å². The van der Waals surface area contributed by atoms with Crippen molar-refractivity contribution in [3.8, 4) is 0 Å². The van der Waals surface area contributed by atoms with Crippen LogP contribution in [0.2, 0.25) is 0 Å². The molecule has 2 N–H and O–H groups in total. The van der Waals surface area contributed by atoms with Gasteiger partial charge in [-0.3, -0.25) is 4.90 Å². The van der Waals surface area contributed by atoms with E-state index in [1.807, 2.05) is 0 Å². The molecule has 1 aromatic carbocycles. The van der Waals surface area contributed by atoms with Crippen LogP contribution in [0.4, 0.5) is 19.7 Å². The second-order valence-corrected chi connectivity index (χ2v) is 3.76. The number of urea groups is 2.